The Morgan fingerprint density at radius 2 is 2.00 bits per heavy atom. The number of nitrogens with one attached hydrogen (secondary N) is 1. The van der Waals surface area contributed by atoms with Gasteiger partial charge in [0.05, 0.1) is 5.56 Å². The zero-order valence-electron chi connectivity index (χ0n) is 17.1. The second-order valence-corrected chi connectivity index (χ2v) is 7.35. The quantitative estimate of drug-likeness (QED) is 0.522. The molecule has 1 heterocycles. The van der Waals surface area contributed by atoms with E-state index < -0.39 is 0 Å². The van der Waals surface area contributed by atoms with Gasteiger partial charge in [0, 0.05) is 34.6 Å². The fourth-order valence-electron chi connectivity index (χ4n) is 3.04. The van der Waals surface area contributed by atoms with Gasteiger partial charge in [-0.2, -0.15) is 0 Å². The molecular weight excluding hydrogens is 360 g/mol. The lowest BCUT2D eigenvalue weighted by atomic mass is 10.0. The number of rotatable bonds is 5. The highest BCUT2D eigenvalue weighted by Gasteiger charge is 2.07. The molecule has 3 aromatic rings. The minimum absolute atomic E-state index is 0.0885. The standard InChI is InChI=1S/C24H26N4O/c1-17-8-10-20-16-27-23(25)21(22(20)14-17)11-9-18-6-4-7-19(15-18)24(29)26-12-5-13-28(2)3/h4,6-8,10,14-16H,5,12-13H2,1-3H3,(H2,25,27)(H,26,29). The Kier molecular flexibility index (Phi) is 6.48. The van der Waals surface area contributed by atoms with Crippen LogP contribution in [0.3, 0.4) is 0 Å². The number of aryl methyl sites for hydroxylation is 1. The summed E-state index contributed by atoms with van der Waals surface area (Å²) < 4.78 is 0. The fourth-order valence-corrected chi connectivity index (χ4v) is 3.04. The highest BCUT2D eigenvalue weighted by Crippen LogP contribution is 2.22. The van der Waals surface area contributed by atoms with Crippen molar-refractivity contribution in [3.8, 4) is 11.8 Å². The van der Waals surface area contributed by atoms with E-state index in [0.717, 1.165) is 34.9 Å². The fraction of sp³-hybridized carbons (Fsp3) is 0.250. The van der Waals surface area contributed by atoms with E-state index in [1.54, 1.807) is 18.3 Å². The highest BCUT2D eigenvalue weighted by atomic mass is 16.1. The molecular formula is C24H26N4O. The lowest BCUT2D eigenvalue weighted by Crippen LogP contribution is -2.27. The summed E-state index contributed by atoms with van der Waals surface area (Å²) in [6.07, 6.45) is 2.67. The number of hydrogen-bond acceptors (Lipinski definition) is 4. The number of aromatic nitrogens is 1. The van der Waals surface area contributed by atoms with Gasteiger partial charge in [0.25, 0.3) is 5.91 Å². The maximum atomic E-state index is 12.4. The van der Waals surface area contributed by atoms with Crippen LogP contribution in [0.2, 0.25) is 0 Å². The lowest BCUT2D eigenvalue weighted by molar-refractivity contribution is 0.0952. The van der Waals surface area contributed by atoms with Crippen molar-refractivity contribution in [3.63, 3.8) is 0 Å². The van der Waals surface area contributed by atoms with E-state index in [9.17, 15) is 4.79 Å². The molecule has 1 aromatic heterocycles. The molecule has 0 aliphatic heterocycles. The van der Waals surface area contributed by atoms with E-state index in [2.05, 4.69) is 33.1 Å². The molecule has 0 radical (unpaired) electrons. The molecule has 0 aliphatic carbocycles. The van der Waals surface area contributed by atoms with Crippen molar-refractivity contribution in [1.82, 2.24) is 15.2 Å². The summed E-state index contributed by atoms with van der Waals surface area (Å²) in [5, 5.41) is 4.94. The molecule has 5 heteroatoms. The summed E-state index contributed by atoms with van der Waals surface area (Å²) in [5.41, 5.74) is 9.30. The normalized spacial score (nSPS) is 10.6. The maximum absolute atomic E-state index is 12.4. The highest BCUT2D eigenvalue weighted by molar-refractivity contribution is 5.94. The Morgan fingerprint density at radius 3 is 2.79 bits per heavy atom. The second kappa shape index (κ2) is 9.22. The van der Waals surface area contributed by atoms with Crippen LogP contribution in [0.25, 0.3) is 10.8 Å². The molecule has 2 aromatic carbocycles. The Morgan fingerprint density at radius 1 is 1.17 bits per heavy atom. The molecule has 0 saturated carbocycles. The third-order valence-corrected chi connectivity index (χ3v) is 4.60. The van der Waals surface area contributed by atoms with Crippen LogP contribution >= 0.6 is 0 Å². The van der Waals surface area contributed by atoms with Crippen molar-refractivity contribution < 1.29 is 4.79 Å². The van der Waals surface area contributed by atoms with Crippen LogP contribution in [0.15, 0.2) is 48.7 Å². The number of nitrogen functional groups attached to an aromatic ring is 1. The molecule has 0 fully saturated rings. The predicted molar refractivity (Wildman–Crippen MR) is 119 cm³/mol. The van der Waals surface area contributed by atoms with Gasteiger partial charge in [0.2, 0.25) is 0 Å². The first-order valence-corrected chi connectivity index (χ1v) is 9.64. The largest absolute Gasteiger partial charge is 0.383 e. The summed E-state index contributed by atoms with van der Waals surface area (Å²) in [6.45, 7) is 3.62. The number of amides is 1. The number of carbonyl (C=O) groups excluding carboxylic acids is 1. The van der Waals surface area contributed by atoms with Gasteiger partial charge < -0.3 is 16.0 Å². The van der Waals surface area contributed by atoms with Gasteiger partial charge in [-0.25, -0.2) is 4.98 Å². The van der Waals surface area contributed by atoms with Gasteiger partial charge in [-0.05, 0) is 58.3 Å². The monoisotopic (exact) mass is 386 g/mol. The minimum Gasteiger partial charge on any atom is -0.383 e. The molecule has 5 nitrogen and oxygen atoms in total. The third kappa shape index (κ3) is 5.34. The Hall–Kier alpha value is -3.36. The van der Waals surface area contributed by atoms with Crippen LogP contribution in [0, 0.1) is 18.8 Å². The van der Waals surface area contributed by atoms with E-state index in [0.29, 0.717) is 23.5 Å². The Labute approximate surface area is 171 Å². The van der Waals surface area contributed by atoms with E-state index >= 15 is 0 Å². The summed E-state index contributed by atoms with van der Waals surface area (Å²) in [4.78, 5) is 18.7. The zero-order valence-corrected chi connectivity index (χ0v) is 17.1. The Bertz CT molecular complexity index is 1090. The summed E-state index contributed by atoms with van der Waals surface area (Å²) in [7, 11) is 4.03. The average Bonchev–Trinajstić information content (AvgIpc) is 2.70. The zero-order chi connectivity index (χ0) is 20.8. The number of nitrogens with zero attached hydrogens (tertiary/aromatic N) is 2. The third-order valence-electron chi connectivity index (χ3n) is 4.60. The van der Waals surface area contributed by atoms with E-state index in [1.165, 1.54) is 0 Å². The summed E-state index contributed by atoms with van der Waals surface area (Å²) in [6, 6.07) is 13.4. The first-order chi connectivity index (χ1) is 13.9. The number of nitrogens with two attached hydrogens (primary N) is 1. The number of fused-ring (bicyclic) bond motifs is 1. The number of hydrogen-bond donors (Lipinski definition) is 2. The first-order valence-electron chi connectivity index (χ1n) is 9.64. The van der Waals surface area contributed by atoms with Crippen molar-refractivity contribution in [1.29, 1.82) is 0 Å². The van der Waals surface area contributed by atoms with E-state index in [4.69, 9.17) is 5.73 Å². The van der Waals surface area contributed by atoms with Gasteiger partial charge in [0.15, 0.2) is 0 Å². The van der Waals surface area contributed by atoms with Crippen LogP contribution in [0.1, 0.15) is 33.5 Å². The van der Waals surface area contributed by atoms with Crippen molar-refractivity contribution in [2.45, 2.75) is 13.3 Å². The van der Waals surface area contributed by atoms with Crippen molar-refractivity contribution in [2.75, 3.05) is 32.9 Å². The van der Waals surface area contributed by atoms with Gasteiger partial charge in [-0.1, -0.05) is 35.6 Å². The molecule has 3 rings (SSSR count). The number of carbonyl (C=O) groups is 1. The van der Waals surface area contributed by atoms with Gasteiger partial charge >= 0.3 is 0 Å². The summed E-state index contributed by atoms with van der Waals surface area (Å²) >= 11 is 0. The van der Waals surface area contributed by atoms with Crippen LogP contribution in [0.5, 0.6) is 0 Å². The Balaban J connectivity index is 1.81. The van der Waals surface area contributed by atoms with Gasteiger partial charge in [-0.3, -0.25) is 4.79 Å². The van der Waals surface area contributed by atoms with Crippen molar-refractivity contribution in [2.24, 2.45) is 0 Å². The molecule has 0 aliphatic rings. The molecule has 148 valence electrons. The predicted octanol–water partition coefficient (Wildman–Crippen LogP) is 3.21. The van der Waals surface area contributed by atoms with Crippen LogP contribution in [-0.4, -0.2) is 43.0 Å². The molecule has 0 unspecified atom stereocenters. The molecule has 0 saturated heterocycles. The van der Waals surface area contributed by atoms with Crippen LogP contribution in [-0.2, 0) is 0 Å². The molecule has 1 amide bonds. The molecule has 0 spiro atoms. The molecule has 0 bridgehead atoms. The second-order valence-electron chi connectivity index (χ2n) is 7.35. The SMILES string of the molecule is Cc1ccc2cnc(N)c(C#Cc3cccc(C(=O)NCCCN(C)C)c3)c2c1. The van der Waals surface area contributed by atoms with Crippen LogP contribution < -0.4 is 11.1 Å². The van der Waals surface area contributed by atoms with Crippen LogP contribution in [0.4, 0.5) is 5.82 Å². The van der Waals surface area contributed by atoms with E-state index in [1.807, 2.05) is 45.3 Å². The average molecular weight is 386 g/mol. The first kappa shape index (κ1) is 20.4. The number of anilines is 1. The molecule has 0 atom stereocenters. The maximum Gasteiger partial charge on any atom is 0.251 e. The smallest absolute Gasteiger partial charge is 0.251 e. The van der Waals surface area contributed by atoms with Gasteiger partial charge in [0.1, 0.15) is 5.82 Å². The van der Waals surface area contributed by atoms with Gasteiger partial charge in [-0.15, -0.1) is 0 Å². The molecule has 3 N–H and O–H groups in total. The number of benzene rings is 2. The lowest BCUT2D eigenvalue weighted by Gasteiger charge is -2.10. The van der Waals surface area contributed by atoms with E-state index in [-0.39, 0.29) is 5.91 Å². The van der Waals surface area contributed by atoms with Crippen molar-refractivity contribution >= 4 is 22.5 Å². The van der Waals surface area contributed by atoms with Crippen molar-refractivity contribution in [3.05, 3.63) is 70.9 Å². The summed E-state index contributed by atoms with van der Waals surface area (Å²) in [5.74, 6) is 6.61. The topological polar surface area (TPSA) is 71.2 Å². The number of pyridine rings is 1. The minimum atomic E-state index is -0.0885. The molecule has 29 heavy (non-hydrogen) atoms.